The van der Waals surface area contributed by atoms with Crippen molar-refractivity contribution in [3.8, 4) is 0 Å². The second-order valence-electron chi connectivity index (χ2n) is 5.25. The van der Waals surface area contributed by atoms with Crippen LogP contribution in [0, 0.1) is 0 Å². The molecule has 0 spiro atoms. The van der Waals surface area contributed by atoms with Crippen molar-refractivity contribution < 1.29 is 19.4 Å². The van der Waals surface area contributed by atoms with E-state index in [9.17, 15) is 9.59 Å². The van der Waals surface area contributed by atoms with Gasteiger partial charge in [-0.15, -0.1) is 11.8 Å². The molecule has 0 radical (unpaired) electrons. The molecule has 0 saturated carbocycles. The van der Waals surface area contributed by atoms with Crippen LogP contribution in [0.25, 0.3) is 0 Å². The lowest BCUT2D eigenvalue weighted by atomic mass is 10.1. The molecule has 1 heterocycles. The van der Waals surface area contributed by atoms with Crippen LogP contribution in [0.2, 0.25) is 0 Å². The van der Waals surface area contributed by atoms with E-state index in [2.05, 4.69) is 0 Å². The summed E-state index contributed by atoms with van der Waals surface area (Å²) >= 11 is 1.20. The highest BCUT2D eigenvalue weighted by atomic mass is 32.2. The number of hydrogen-bond donors (Lipinski definition) is 1. The Kier molecular flexibility index (Phi) is 5.85. The Morgan fingerprint density at radius 3 is 2.86 bits per heavy atom. The molecule has 1 amide bonds. The van der Waals surface area contributed by atoms with Crippen LogP contribution in [0.1, 0.15) is 30.6 Å². The predicted molar refractivity (Wildman–Crippen MR) is 85.3 cm³/mol. The molecular formula is C16H21NO4S. The summed E-state index contributed by atoms with van der Waals surface area (Å²) in [6.07, 6.45) is 0.950. The zero-order valence-corrected chi connectivity index (χ0v) is 13.6. The van der Waals surface area contributed by atoms with Crippen molar-refractivity contribution in [2.24, 2.45) is 0 Å². The Morgan fingerprint density at radius 1 is 1.45 bits per heavy atom. The standard InChI is InChI=1S/C16H21NO4S/c1-3-12-10-17(8-9-21-12)15(18)13-6-4-5-7-14(13)22-11(2)16(19)20/h4-7,11-12H,3,8-10H2,1-2H3,(H,19,20). The van der Waals surface area contributed by atoms with Gasteiger partial charge in [0.1, 0.15) is 5.25 Å². The van der Waals surface area contributed by atoms with Gasteiger partial charge in [0.15, 0.2) is 0 Å². The van der Waals surface area contributed by atoms with E-state index in [-0.39, 0.29) is 12.0 Å². The Bertz CT molecular complexity index is 549. The highest BCUT2D eigenvalue weighted by Crippen LogP contribution is 2.28. The van der Waals surface area contributed by atoms with E-state index in [1.807, 2.05) is 13.0 Å². The van der Waals surface area contributed by atoms with Gasteiger partial charge in [-0.1, -0.05) is 19.1 Å². The van der Waals surface area contributed by atoms with E-state index in [1.54, 1.807) is 30.0 Å². The van der Waals surface area contributed by atoms with Crippen LogP contribution < -0.4 is 0 Å². The molecule has 22 heavy (non-hydrogen) atoms. The number of thioether (sulfide) groups is 1. The van der Waals surface area contributed by atoms with Crippen molar-refractivity contribution >= 4 is 23.6 Å². The largest absolute Gasteiger partial charge is 0.480 e. The van der Waals surface area contributed by atoms with Crippen LogP contribution >= 0.6 is 11.8 Å². The van der Waals surface area contributed by atoms with Gasteiger partial charge in [0.2, 0.25) is 0 Å². The molecule has 1 aliphatic rings. The average Bonchev–Trinajstić information content (AvgIpc) is 2.54. The van der Waals surface area contributed by atoms with Crippen LogP contribution in [0.15, 0.2) is 29.2 Å². The summed E-state index contributed by atoms with van der Waals surface area (Å²) in [5, 5.41) is 8.46. The maximum Gasteiger partial charge on any atom is 0.316 e. The first-order valence-corrected chi connectivity index (χ1v) is 8.30. The molecule has 0 bridgehead atoms. The molecule has 1 aromatic carbocycles. The minimum Gasteiger partial charge on any atom is -0.480 e. The van der Waals surface area contributed by atoms with E-state index in [1.165, 1.54) is 11.8 Å². The van der Waals surface area contributed by atoms with Crippen LogP contribution in [-0.4, -0.2) is 52.9 Å². The van der Waals surface area contributed by atoms with E-state index in [0.29, 0.717) is 30.2 Å². The van der Waals surface area contributed by atoms with E-state index in [4.69, 9.17) is 9.84 Å². The van der Waals surface area contributed by atoms with E-state index >= 15 is 0 Å². The maximum absolute atomic E-state index is 12.7. The monoisotopic (exact) mass is 323 g/mol. The lowest BCUT2D eigenvalue weighted by molar-refractivity contribution is -0.136. The quantitative estimate of drug-likeness (QED) is 0.843. The second-order valence-corrected chi connectivity index (χ2v) is 6.63. The number of nitrogens with zero attached hydrogens (tertiary/aromatic N) is 1. The summed E-state index contributed by atoms with van der Waals surface area (Å²) in [5.41, 5.74) is 0.567. The zero-order valence-electron chi connectivity index (χ0n) is 12.8. The molecule has 0 aromatic heterocycles. The van der Waals surface area contributed by atoms with Crippen LogP contribution in [0.4, 0.5) is 0 Å². The number of aliphatic carboxylic acids is 1. The number of carbonyl (C=O) groups excluding carboxylic acids is 1. The van der Waals surface area contributed by atoms with Crippen molar-refractivity contribution in [2.45, 2.75) is 36.5 Å². The lowest BCUT2D eigenvalue weighted by Gasteiger charge is -2.33. The molecule has 2 unspecified atom stereocenters. The number of ether oxygens (including phenoxy) is 1. The summed E-state index contributed by atoms with van der Waals surface area (Å²) in [4.78, 5) is 26.3. The SMILES string of the molecule is CCC1CN(C(=O)c2ccccc2SC(C)C(=O)O)CCO1. The predicted octanol–water partition coefficient (Wildman–Crippen LogP) is 2.50. The Morgan fingerprint density at radius 2 is 2.18 bits per heavy atom. The van der Waals surface area contributed by atoms with Crippen LogP contribution in [-0.2, 0) is 9.53 Å². The van der Waals surface area contributed by atoms with Gasteiger partial charge in [0.05, 0.1) is 18.3 Å². The van der Waals surface area contributed by atoms with Gasteiger partial charge in [-0.05, 0) is 25.5 Å². The molecule has 1 saturated heterocycles. The molecule has 5 nitrogen and oxygen atoms in total. The third-order valence-corrected chi connectivity index (χ3v) is 4.82. The number of hydrogen-bond acceptors (Lipinski definition) is 4. The number of carbonyl (C=O) groups is 2. The highest BCUT2D eigenvalue weighted by Gasteiger charge is 2.26. The van der Waals surface area contributed by atoms with Gasteiger partial charge in [0.25, 0.3) is 5.91 Å². The molecule has 2 rings (SSSR count). The molecule has 1 aliphatic heterocycles. The zero-order chi connectivity index (χ0) is 16.1. The molecular weight excluding hydrogens is 302 g/mol. The number of carboxylic acid groups (broad SMARTS) is 1. The Balaban J connectivity index is 2.17. The smallest absolute Gasteiger partial charge is 0.316 e. The molecule has 1 fully saturated rings. The van der Waals surface area contributed by atoms with Crippen molar-refractivity contribution in [1.29, 1.82) is 0 Å². The Hall–Kier alpha value is -1.53. The van der Waals surface area contributed by atoms with Gasteiger partial charge < -0.3 is 14.7 Å². The first-order valence-electron chi connectivity index (χ1n) is 7.42. The minimum atomic E-state index is -0.885. The van der Waals surface area contributed by atoms with Crippen molar-refractivity contribution in [3.63, 3.8) is 0 Å². The number of carboxylic acids is 1. The summed E-state index contributed by atoms with van der Waals surface area (Å²) in [5.74, 6) is -0.938. The fourth-order valence-electron chi connectivity index (χ4n) is 2.31. The third kappa shape index (κ3) is 4.01. The lowest BCUT2D eigenvalue weighted by Crippen LogP contribution is -2.45. The average molecular weight is 323 g/mol. The molecule has 120 valence electrons. The minimum absolute atomic E-state index is 0.0533. The number of amides is 1. The van der Waals surface area contributed by atoms with Gasteiger partial charge >= 0.3 is 5.97 Å². The number of benzene rings is 1. The maximum atomic E-state index is 12.7. The molecule has 0 aliphatic carbocycles. The summed E-state index contributed by atoms with van der Waals surface area (Å²) in [6, 6.07) is 7.19. The first-order chi connectivity index (χ1) is 10.5. The molecule has 1 aromatic rings. The molecule has 1 N–H and O–H groups in total. The molecule has 6 heteroatoms. The topological polar surface area (TPSA) is 66.8 Å². The van der Waals surface area contributed by atoms with E-state index in [0.717, 1.165) is 6.42 Å². The van der Waals surface area contributed by atoms with Crippen LogP contribution in [0.5, 0.6) is 0 Å². The summed E-state index contributed by atoms with van der Waals surface area (Å²) < 4.78 is 5.59. The third-order valence-electron chi connectivity index (χ3n) is 3.65. The second kappa shape index (κ2) is 7.65. The van der Waals surface area contributed by atoms with Gasteiger partial charge in [-0.3, -0.25) is 9.59 Å². The van der Waals surface area contributed by atoms with Crippen molar-refractivity contribution in [2.75, 3.05) is 19.7 Å². The van der Waals surface area contributed by atoms with Gasteiger partial charge in [-0.2, -0.15) is 0 Å². The van der Waals surface area contributed by atoms with Crippen molar-refractivity contribution in [1.82, 2.24) is 4.90 Å². The van der Waals surface area contributed by atoms with Gasteiger partial charge in [-0.25, -0.2) is 0 Å². The normalized spacial score (nSPS) is 19.7. The summed E-state index contributed by atoms with van der Waals surface area (Å²) in [6.45, 7) is 5.36. The van der Waals surface area contributed by atoms with Crippen molar-refractivity contribution in [3.05, 3.63) is 29.8 Å². The van der Waals surface area contributed by atoms with Crippen LogP contribution in [0.3, 0.4) is 0 Å². The molecule has 2 atom stereocenters. The van der Waals surface area contributed by atoms with Gasteiger partial charge in [0, 0.05) is 18.0 Å². The fraction of sp³-hybridized carbons (Fsp3) is 0.500. The highest BCUT2D eigenvalue weighted by molar-refractivity contribution is 8.00. The Labute approximate surface area is 134 Å². The number of morpholine rings is 1. The van der Waals surface area contributed by atoms with E-state index < -0.39 is 11.2 Å². The summed E-state index contributed by atoms with van der Waals surface area (Å²) in [7, 11) is 0. The first kappa shape index (κ1) is 16.8. The number of rotatable bonds is 5. The fourth-order valence-corrected chi connectivity index (χ4v) is 3.23.